The summed E-state index contributed by atoms with van der Waals surface area (Å²) >= 11 is 0. The number of hydrogen-bond donors (Lipinski definition) is 3. The van der Waals surface area contributed by atoms with Gasteiger partial charge >= 0.3 is 12.0 Å². The number of carbonyl (C=O) groups is 2. The average Bonchev–Trinajstić information content (AvgIpc) is 2.14. The molecular weight excluding hydrogens is 232 g/mol. The molecule has 2 atom stereocenters. The quantitative estimate of drug-likeness (QED) is 0.684. The van der Waals surface area contributed by atoms with Crippen LogP contribution < -0.4 is 10.6 Å². The Morgan fingerprint density at radius 2 is 1.72 bits per heavy atom. The molecule has 0 fully saturated rings. The van der Waals surface area contributed by atoms with Crippen molar-refractivity contribution in [2.45, 2.75) is 66.0 Å². The summed E-state index contributed by atoms with van der Waals surface area (Å²) in [5.41, 5.74) is 0.0177. The molecule has 2 unspecified atom stereocenters. The molecule has 0 aromatic heterocycles. The van der Waals surface area contributed by atoms with Crippen LogP contribution in [0, 0.1) is 5.41 Å². The van der Waals surface area contributed by atoms with E-state index in [1.54, 1.807) is 0 Å². The summed E-state index contributed by atoms with van der Waals surface area (Å²) in [6.07, 6.45) is 1.39. The molecule has 0 aliphatic heterocycles. The number of amides is 2. The van der Waals surface area contributed by atoms with Crippen molar-refractivity contribution in [2.24, 2.45) is 5.41 Å². The Labute approximate surface area is 109 Å². The van der Waals surface area contributed by atoms with Crippen molar-refractivity contribution in [1.82, 2.24) is 10.6 Å². The molecule has 5 nitrogen and oxygen atoms in total. The van der Waals surface area contributed by atoms with E-state index in [9.17, 15) is 9.59 Å². The van der Waals surface area contributed by atoms with Crippen LogP contribution in [0.2, 0.25) is 0 Å². The van der Waals surface area contributed by atoms with E-state index in [4.69, 9.17) is 5.11 Å². The second-order valence-corrected chi connectivity index (χ2v) is 5.89. The van der Waals surface area contributed by atoms with Crippen LogP contribution in [0.1, 0.15) is 53.9 Å². The topological polar surface area (TPSA) is 78.4 Å². The van der Waals surface area contributed by atoms with Crippen LogP contribution in [0.15, 0.2) is 0 Å². The van der Waals surface area contributed by atoms with Gasteiger partial charge in [0.25, 0.3) is 0 Å². The van der Waals surface area contributed by atoms with Crippen LogP contribution in [-0.4, -0.2) is 29.2 Å². The first-order chi connectivity index (χ1) is 8.12. The minimum absolute atomic E-state index is 0.0171. The molecule has 0 aliphatic carbocycles. The number of aliphatic carboxylic acids is 1. The molecule has 0 radical (unpaired) electrons. The Bertz CT molecular complexity index is 284. The summed E-state index contributed by atoms with van der Waals surface area (Å²) in [5, 5.41) is 14.2. The van der Waals surface area contributed by atoms with Gasteiger partial charge in [-0.1, -0.05) is 20.8 Å². The van der Waals surface area contributed by atoms with Gasteiger partial charge in [-0.15, -0.1) is 0 Å². The fourth-order valence-corrected chi connectivity index (χ4v) is 1.31. The number of nitrogens with one attached hydrogen (secondary N) is 2. The molecule has 106 valence electrons. The lowest BCUT2D eigenvalue weighted by atomic mass is 9.88. The van der Waals surface area contributed by atoms with Crippen LogP contribution in [0.25, 0.3) is 0 Å². The zero-order chi connectivity index (χ0) is 14.3. The van der Waals surface area contributed by atoms with Gasteiger partial charge in [-0.05, 0) is 32.1 Å². The van der Waals surface area contributed by atoms with Crippen molar-refractivity contribution in [2.75, 3.05) is 0 Å². The third-order valence-electron chi connectivity index (χ3n) is 3.05. The minimum atomic E-state index is -0.798. The molecule has 0 heterocycles. The smallest absolute Gasteiger partial charge is 0.315 e. The molecule has 0 bridgehead atoms. The second kappa shape index (κ2) is 7.24. The predicted molar refractivity (Wildman–Crippen MR) is 71.5 cm³/mol. The van der Waals surface area contributed by atoms with Crippen LogP contribution >= 0.6 is 0 Å². The standard InChI is InChI=1S/C13H26N2O3/c1-9(7-6-8-11(16)17)14-12(18)15-10(2)13(3,4)5/h9-10H,6-8H2,1-5H3,(H,16,17)(H2,14,15,18). The maximum absolute atomic E-state index is 11.7. The van der Waals surface area contributed by atoms with Gasteiger partial charge in [0, 0.05) is 18.5 Å². The highest BCUT2D eigenvalue weighted by molar-refractivity contribution is 5.74. The molecule has 3 N–H and O–H groups in total. The summed E-state index contributed by atoms with van der Waals surface area (Å²) < 4.78 is 0. The highest BCUT2D eigenvalue weighted by Crippen LogP contribution is 2.18. The first kappa shape index (κ1) is 16.7. The largest absolute Gasteiger partial charge is 0.481 e. The number of carboxylic acid groups (broad SMARTS) is 1. The molecule has 0 aliphatic rings. The summed E-state index contributed by atoms with van der Waals surface area (Å²) in [7, 11) is 0. The summed E-state index contributed by atoms with van der Waals surface area (Å²) in [6, 6.07) is -0.138. The molecule has 18 heavy (non-hydrogen) atoms. The molecule has 0 spiro atoms. The summed E-state index contributed by atoms with van der Waals surface area (Å²) in [4.78, 5) is 22.0. The number of hydrogen-bond acceptors (Lipinski definition) is 2. The number of carboxylic acids is 1. The zero-order valence-corrected chi connectivity index (χ0v) is 12.0. The van der Waals surface area contributed by atoms with Crippen LogP contribution in [0.3, 0.4) is 0 Å². The second-order valence-electron chi connectivity index (χ2n) is 5.89. The Kier molecular flexibility index (Phi) is 6.73. The van der Waals surface area contributed by atoms with Gasteiger partial charge < -0.3 is 15.7 Å². The lowest BCUT2D eigenvalue weighted by molar-refractivity contribution is -0.137. The fraction of sp³-hybridized carbons (Fsp3) is 0.846. The van der Waals surface area contributed by atoms with Crippen molar-refractivity contribution < 1.29 is 14.7 Å². The van der Waals surface area contributed by atoms with Crippen molar-refractivity contribution in [3.05, 3.63) is 0 Å². The molecular formula is C13H26N2O3. The number of carbonyl (C=O) groups excluding carboxylic acids is 1. The van der Waals surface area contributed by atoms with Crippen LogP contribution in [-0.2, 0) is 4.79 Å². The van der Waals surface area contributed by atoms with E-state index in [-0.39, 0.29) is 30.0 Å². The van der Waals surface area contributed by atoms with E-state index < -0.39 is 5.97 Å². The number of urea groups is 1. The normalized spacial score (nSPS) is 14.7. The maximum atomic E-state index is 11.7. The van der Waals surface area contributed by atoms with Crippen molar-refractivity contribution in [3.63, 3.8) is 0 Å². The third-order valence-corrected chi connectivity index (χ3v) is 3.05. The van der Waals surface area contributed by atoms with E-state index in [1.807, 2.05) is 13.8 Å². The molecule has 0 aromatic rings. The Morgan fingerprint density at radius 3 is 2.17 bits per heavy atom. The van der Waals surface area contributed by atoms with E-state index in [2.05, 4.69) is 31.4 Å². The van der Waals surface area contributed by atoms with Gasteiger partial charge in [0.2, 0.25) is 0 Å². The van der Waals surface area contributed by atoms with Gasteiger partial charge in [0.05, 0.1) is 0 Å². The van der Waals surface area contributed by atoms with E-state index >= 15 is 0 Å². The van der Waals surface area contributed by atoms with E-state index in [0.717, 1.165) is 0 Å². The highest BCUT2D eigenvalue weighted by Gasteiger charge is 2.21. The Morgan fingerprint density at radius 1 is 1.17 bits per heavy atom. The SMILES string of the molecule is CC(CCCC(=O)O)NC(=O)NC(C)C(C)(C)C. The van der Waals surface area contributed by atoms with Gasteiger partial charge in [-0.25, -0.2) is 4.79 Å². The van der Waals surface area contributed by atoms with E-state index in [1.165, 1.54) is 0 Å². The maximum Gasteiger partial charge on any atom is 0.315 e. The molecule has 0 saturated carbocycles. The molecule has 5 heteroatoms. The minimum Gasteiger partial charge on any atom is -0.481 e. The lowest BCUT2D eigenvalue weighted by Gasteiger charge is -2.28. The van der Waals surface area contributed by atoms with Crippen molar-refractivity contribution in [3.8, 4) is 0 Å². The van der Waals surface area contributed by atoms with Crippen LogP contribution in [0.4, 0.5) is 4.79 Å². The predicted octanol–water partition coefficient (Wildman–Crippen LogP) is 2.36. The average molecular weight is 258 g/mol. The van der Waals surface area contributed by atoms with Gasteiger partial charge in [-0.2, -0.15) is 0 Å². The monoisotopic (exact) mass is 258 g/mol. The molecule has 0 rings (SSSR count). The van der Waals surface area contributed by atoms with Gasteiger partial charge in [0.15, 0.2) is 0 Å². The van der Waals surface area contributed by atoms with Gasteiger partial charge in [-0.3, -0.25) is 4.79 Å². The number of rotatable bonds is 6. The van der Waals surface area contributed by atoms with Crippen molar-refractivity contribution in [1.29, 1.82) is 0 Å². The third kappa shape index (κ3) is 7.92. The lowest BCUT2D eigenvalue weighted by Crippen LogP contribution is -2.48. The molecule has 0 saturated heterocycles. The molecule has 2 amide bonds. The fourth-order valence-electron chi connectivity index (χ4n) is 1.31. The summed E-state index contributed by atoms with van der Waals surface area (Å²) in [6.45, 7) is 10.0. The van der Waals surface area contributed by atoms with E-state index in [0.29, 0.717) is 12.8 Å². The van der Waals surface area contributed by atoms with Gasteiger partial charge in [0.1, 0.15) is 0 Å². The zero-order valence-electron chi connectivity index (χ0n) is 12.0. The van der Waals surface area contributed by atoms with Crippen molar-refractivity contribution >= 4 is 12.0 Å². The summed E-state index contributed by atoms with van der Waals surface area (Å²) in [5.74, 6) is -0.798. The Balaban J connectivity index is 3.90. The Hall–Kier alpha value is -1.26. The first-order valence-corrected chi connectivity index (χ1v) is 6.41. The first-order valence-electron chi connectivity index (χ1n) is 6.41. The molecule has 0 aromatic carbocycles. The highest BCUT2D eigenvalue weighted by atomic mass is 16.4. The van der Waals surface area contributed by atoms with Crippen LogP contribution in [0.5, 0.6) is 0 Å².